The van der Waals surface area contributed by atoms with Crippen LogP contribution in [0.25, 0.3) is 0 Å². The van der Waals surface area contributed by atoms with Gasteiger partial charge in [0.25, 0.3) is 11.8 Å². The van der Waals surface area contributed by atoms with Crippen LogP contribution in [0.2, 0.25) is 0 Å². The van der Waals surface area contributed by atoms with Crippen molar-refractivity contribution in [1.29, 1.82) is 0 Å². The Labute approximate surface area is 159 Å². The van der Waals surface area contributed by atoms with Crippen molar-refractivity contribution in [2.24, 2.45) is 0 Å². The lowest BCUT2D eigenvalue weighted by Crippen LogP contribution is -2.56. The van der Waals surface area contributed by atoms with Crippen molar-refractivity contribution < 1.29 is 14.4 Å². The zero-order valence-electron chi connectivity index (χ0n) is 15.9. The molecule has 2 amide bonds. The van der Waals surface area contributed by atoms with Gasteiger partial charge in [-0.05, 0) is 50.1 Å². The second-order valence-corrected chi connectivity index (χ2v) is 7.09. The minimum Gasteiger partial charge on any atom is -0.335 e. The molecule has 0 aromatic heterocycles. The summed E-state index contributed by atoms with van der Waals surface area (Å²) in [6, 6.07) is 14.2. The maximum atomic E-state index is 12.7. The highest BCUT2D eigenvalue weighted by Crippen LogP contribution is 2.16. The average Bonchev–Trinajstić information content (AvgIpc) is 2.69. The lowest BCUT2D eigenvalue weighted by Gasteiger charge is -2.39. The van der Waals surface area contributed by atoms with Crippen molar-refractivity contribution in [3.8, 4) is 0 Å². The molecule has 1 aliphatic rings. The number of carbonyl (C=O) groups is 3. The van der Waals surface area contributed by atoms with Crippen molar-refractivity contribution in [3.05, 3.63) is 70.8 Å². The van der Waals surface area contributed by atoms with Crippen LogP contribution in [0.5, 0.6) is 0 Å². The normalized spacial score (nSPS) is 16.9. The first-order chi connectivity index (χ1) is 12.9. The van der Waals surface area contributed by atoms with Gasteiger partial charge < -0.3 is 9.80 Å². The summed E-state index contributed by atoms with van der Waals surface area (Å²) in [6.07, 6.45) is 0. The first-order valence-electron chi connectivity index (χ1n) is 9.15. The average molecular weight is 364 g/mol. The fourth-order valence-electron chi connectivity index (χ4n) is 3.34. The number of ketones is 1. The Hall–Kier alpha value is -2.95. The van der Waals surface area contributed by atoms with E-state index in [1.807, 2.05) is 45.0 Å². The molecule has 1 fully saturated rings. The van der Waals surface area contributed by atoms with Gasteiger partial charge in [0.2, 0.25) is 5.78 Å². The number of rotatable bonds is 3. The number of carbonyl (C=O) groups excluding carboxylic acids is 3. The summed E-state index contributed by atoms with van der Waals surface area (Å²) in [5, 5.41) is 0. The smallest absolute Gasteiger partial charge is 0.295 e. The summed E-state index contributed by atoms with van der Waals surface area (Å²) >= 11 is 0. The lowest BCUT2D eigenvalue weighted by atomic mass is 10.0. The Morgan fingerprint density at radius 3 is 2.22 bits per heavy atom. The molecule has 0 bridgehead atoms. The highest BCUT2D eigenvalue weighted by Gasteiger charge is 2.33. The van der Waals surface area contributed by atoms with Gasteiger partial charge in [-0.15, -0.1) is 0 Å². The number of hydrogen-bond acceptors (Lipinski definition) is 3. The molecule has 27 heavy (non-hydrogen) atoms. The van der Waals surface area contributed by atoms with Crippen molar-refractivity contribution in [1.82, 2.24) is 9.80 Å². The predicted octanol–water partition coefficient (Wildman–Crippen LogP) is 2.86. The molecule has 0 aliphatic carbocycles. The first kappa shape index (κ1) is 18.8. The highest BCUT2D eigenvalue weighted by molar-refractivity contribution is 6.42. The highest BCUT2D eigenvalue weighted by atomic mass is 16.2. The zero-order chi connectivity index (χ0) is 19.6. The van der Waals surface area contributed by atoms with E-state index in [4.69, 9.17) is 0 Å². The van der Waals surface area contributed by atoms with Gasteiger partial charge >= 0.3 is 0 Å². The summed E-state index contributed by atoms with van der Waals surface area (Å²) in [4.78, 5) is 41.3. The number of Topliss-reactive ketones (excluding diaryl/α,β-unsaturated/α-hetero) is 1. The van der Waals surface area contributed by atoms with Gasteiger partial charge in [-0.3, -0.25) is 14.4 Å². The molecule has 1 aliphatic heterocycles. The quantitative estimate of drug-likeness (QED) is 0.622. The fraction of sp³-hybridized carbons (Fsp3) is 0.318. The van der Waals surface area contributed by atoms with Gasteiger partial charge in [0.1, 0.15) is 0 Å². The van der Waals surface area contributed by atoms with Crippen LogP contribution in [0, 0.1) is 13.8 Å². The van der Waals surface area contributed by atoms with Crippen LogP contribution < -0.4 is 0 Å². The van der Waals surface area contributed by atoms with Crippen LogP contribution in [-0.4, -0.2) is 53.1 Å². The summed E-state index contributed by atoms with van der Waals surface area (Å²) in [6.45, 7) is 6.96. The molecule has 1 saturated heterocycles. The van der Waals surface area contributed by atoms with Crippen LogP contribution in [0.4, 0.5) is 0 Å². The van der Waals surface area contributed by atoms with E-state index in [0.717, 1.165) is 11.1 Å². The van der Waals surface area contributed by atoms with E-state index in [1.165, 1.54) is 0 Å². The monoisotopic (exact) mass is 364 g/mol. The minimum absolute atomic E-state index is 0.0463. The van der Waals surface area contributed by atoms with Gasteiger partial charge in [-0.2, -0.15) is 0 Å². The molecule has 0 spiro atoms. The molecule has 1 atom stereocenters. The number of piperazine rings is 1. The van der Waals surface area contributed by atoms with Gasteiger partial charge in [-0.25, -0.2) is 0 Å². The second kappa shape index (κ2) is 7.74. The molecular weight excluding hydrogens is 340 g/mol. The van der Waals surface area contributed by atoms with Crippen LogP contribution in [-0.2, 0) is 4.79 Å². The third-order valence-electron chi connectivity index (χ3n) is 5.16. The summed E-state index contributed by atoms with van der Waals surface area (Å²) in [5.41, 5.74) is 3.12. The Morgan fingerprint density at radius 1 is 0.889 bits per heavy atom. The van der Waals surface area contributed by atoms with Gasteiger partial charge in [0.05, 0.1) is 0 Å². The predicted molar refractivity (Wildman–Crippen MR) is 104 cm³/mol. The van der Waals surface area contributed by atoms with Crippen LogP contribution in [0.15, 0.2) is 48.5 Å². The Morgan fingerprint density at radius 2 is 1.59 bits per heavy atom. The maximum absolute atomic E-state index is 12.7. The van der Waals surface area contributed by atoms with Crippen LogP contribution in [0.1, 0.15) is 38.8 Å². The lowest BCUT2D eigenvalue weighted by molar-refractivity contribution is -0.130. The molecule has 0 N–H and O–H groups in total. The molecule has 3 rings (SSSR count). The zero-order valence-corrected chi connectivity index (χ0v) is 15.9. The molecule has 0 unspecified atom stereocenters. The molecule has 0 radical (unpaired) electrons. The molecule has 1 heterocycles. The summed E-state index contributed by atoms with van der Waals surface area (Å²) < 4.78 is 0. The summed E-state index contributed by atoms with van der Waals surface area (Å²) in [5.74, 6) is -1.04. The number of amides is 2. The third-order valence-corrected chi connectivity index (χ3v) is 5.16. The van der Waals surface area contributed by atoms with E-state index in [0.29, 0.717) is 30.8 Å². The van der Waals surface area contributed by atoms with E-state index < -0.39 is 11.7 Å². The molecule has 5 nitrogen and oxygen atoms in total. The van der Waals surface area contributed by atoms with Crippen LogP contribution in [0.3, 0.4) is 0 Å². The standard InChI is InChI=1S/C22H24N2O3/c1-15-9-10-19(13-16(15)2)20(25)22(27)24-12-11-23(14-17(24)3)21(26)18-7-5-4-6-8-18/h4-10,13,17H,11-12,14H2,1-3H3/t17-/m1/s1. The van der Waals surface area contributed by atoms with E-state index in [2.05, 4.69) is 0 Å². The molecule has 2 aromatic carbocycles. The third kappa shape index (κ3) is 3.92. The van der Waals surface area contributed by atoms with E-state index in [9.17, 15) is 14.4 Å². The van der Waals surface area contributed by atoms with Crippen molar-refractivity contribution in [2.45, 2.75) is 26.8 Å². The van der Waals surface area contributed by atoms with Crippen molar-refractivity contribution in [2.75, 3.05) is 19.6 Å². The van der Waals surface area contributed by atoms with Gasteiger partial charge in [0.15, 0.2) is 0 Å². The number of hydrogen-bond donors (Lipinski definition) is 0. The molecule has 5 heteroatoms. The molecule has 0 saturated carbocycles. The maximum Gasteiger partial charge on any atom is 0.295 e. The second-order valence-electron chi connectivity index (χ2n) is 7.09. The fourth-order valence-corrected chi connectivity index (χ4v) is 3.34. The van der Waals surface area contributed by atoms with Crippen molar-refractivity contribution >= 4 is 17.6 Å². The molecule has 140 valence electrons. The molecule has 2 aromatic rings. The Kier molecular flexibility index (Phi) is 5.40. The number of nitrogens with zero attached hydrogens (tertiary/aromatic N) is 2. The van der Waals surface area contributed by atoms with E-state index >= 15 is 0 Å². The first-order valence-corrected chi connectivity index (χ1v) is 9.15. The Balaban J connectivity index is 1.68. The Bertz CT molecular complexity index is 876. The SMILES string of the molecule is Cc1ccc(C(=O)C(=O)N2CCN(C(=O)c3ccccc3)C[C@H]2C)cc1C. The number of aryl methyl sites for hydroxylation is 2. The van der Waals surface area contributed by atoms with Gasteiger partial charge in [-0.1, -0.05) is 30.3 Å². The molecular formula is C22H24N2O3. The number of benzene rings is 2. The summed E-state index contributed by atoms with van der Waals surface area (Å²) in [7, 11) is 0. The minimum atomic E-state index is -0.502. The largest absolute Gasteiger partial charge is 0.335 e. The topological polar surface area (TPSA) is 57.7 Å². The van der Waals surface area contributed by atoms with Crippen molar-refractivity contribution in [3.63, 3.8) is 0 Å². The van der Waals surface area contributed by atoms with E-state index in [-0.39, 0.29) is 11.9 Å². The van der Waals surface area contributed by atoms with Gasteiger partial charge in [0, 0.05) is 36.8 Å². The van der Waals surface area contributed by atoms with E-state index in [1.54, 1.807) is 34.1 Å². The van der Waals surface area contributed by atoms with Crippen LogP contribution >= 0.6 is 0 Å².